The van der Waals surface area contributed by atoms with Gasteiger partial charge in [-0.2, -0.15) is 0 Å². The van der Waals surface area contributed by atoms with Crippen molar-refractivity contribution >= 4 is 17.5 Å². The molecule has 3 aliphatic heterocycles. The van der Waals surface area contributed by atoms with Crippen molar-refractivity contribution in [2.45, 2.75) is 25.0 Å². The molecular formula is C17H17NO4. The fourth-order valence-corrected chi connectivity index (χ4v) is 3.99. The Morgan fingerprint density at radius 3 is 2.41 bits per heavy atom. The molecule has 1 aromatic carbocycles. The van der Waals surface area contributed by atoms with E-state index in [9.17, 15) is 14.7 Å². The van der Waals surface area contributed by atoms with Crippen molar-refractivity contribution in [3.8, 4) is 0 Å². The SMILES string of the molecule is Cc1ccc(N2C(=O)[C@@H]3[C@H](C2=O)[C@]2(C)C=C[C@]3(CO)O2)cc1. The van der Waals surface area contributed by atoms with Gasteiger partial charge in [0.1, 0.15) is 5.60 Å². The predicted octanol–water partition coefficient (Wildman–Crippen LogP) is 1.19. The zero-order valence-electron chi connectivity index (χ0n) is 12.4. The molecule has 4 atom stereocenters. The van der Waals surface area contributed by atoms with E-state index in [0.717, 1.165) is 5.56 Å². The van der Waals surface area contributed by atoms with Gasteiger partial charge >= 0.3 is 0 Å². The average molecular weight is 299 g/mol. The molecular weight excluding hydrogens is 282 g/mol. The van der Waals surface area contributed by atoms with Crippen LogP contribution in [0.4, 0.5) is 5.69 Å². The molecule has 5 nitrogen and oxygen atoms in total. The standard InChI is InChI=1S/C17H17NO4/c1-10-3-5-11(6-4-10)18-14(20)12-13(15(18)21)17(9-19)8-7-16(12,2)22-17/h3-8,12-13,19H,9H2,1-2H3/t12-,13+,16+,17-/m1/s1. The van der Waals surface area contributed by atoms with Gasteiger partial charge in [0.05, 0.1) is 29.7 Å². The molecule has 0 saturated carbocycles. The molecule has 1 N–H and O–H groups in total. The summed E-state index contributed by atoms with van der Waals surface area (Å²) in [7, 11) is 0. The van der Waals surface area contributed by atoms with E-state index in [1.165, 1.54) is 4.90 Å². The third kappa shape index (κ3) is 1.45. The second-order valence-corrected chi connectivity index (χ2v) is 6.54. The van der Waals surface area contributed by atoms with Gasteiger partial charge in [0.25, 0.3) is 0 Å². The highest BCUT2D eigenvalue weighted by atomic mass is 16.5. The molecule has 4 rings (SSSR count). The van der Waals surface area contributed by atoms with Crippen molar-refractivity contribution in [1.29, 1.82) is 0 Å². The van der Waals surface area contributed by atoms with Crippen LogP contribution in [-0.4, -0.2) is 34.7 Å². The maximum absolute atomic E-state index is 12.9. The van der Waals surface area contributed by atoms with Crippen molar-refractivity contribution in [3.05, 3.63) is 42.0 Å². The van der Waals surface area contributed by atoms with E-state index >= 15 is 0 Å². The number of benzene rings is 1. The highest BCUT2D eigenvalue weighted by Crippen LogP contribution is 2.57. The average Bonchev–Trinajstić information content (AvgIpc) is 3.07. The van der Waals surface area contributed by atoms with Crippen LogP contribution in [0.1, 0.15) is 12.5 Å². The van der Waals surface area contributed by atoms with Crippen LogP contribution < -0.4 is 4.90 Å². The van der Waals surface area contributed by atoms with E-state index in [0.29, 0.717) is 5.69 Å². The lowest BCUT2D eigenvalue weighted by Gasteiger charge is -2.26. The lowest BCUT2D eigenvalue weighted by molar-refractivity contribution is -0.131. The number of fused-ring (bicyclic) bond motifs is 5. The number of ether oxygens (including phenoxy) is 1. The molecule has 22 heavy (non-hydrogen) atoms. The minimum absolute atomic E-state index is 0.249. The molecule has 0 spiro atoms. The summed E-state index contributed by atoms with van der Waals surface area (Å²) in [6, 6.07) is 7.29. The Hall–Kier alpha value is -1.98. The number of aliphatic hydroxyl groups is 1. The van der Waals surface area contributed by atoms with Gasteiger partial charge in [-0.1, -0.05) is 29.8 Å². The Balaban J connectivity index is 1.80. The Kier molecular flexibility index (Phi) is 2.52. The molecule has 0 aromatic heterocycles. The molecule has 2 bridgehead atoms. The second kappa shape index (κ2) is 4.06. The Morgan fingerprint density at radius 1 is 1.14 bits per heavy atom. The summed E-state index contributed by atoms with van der Waals surface area (Å²) >= 11 is 0. The first kappa shape index (κ1) is 13.7. The number of amides is 2. The molecule has 3 heterocycles. The summed E-state index contributed by atoms with van der Waals surface area (Å²) < 4.78 is 5.88. The molecule has 1 aromatic rings. The van der Waals surface area contributed by atoms with E-state index in [-0.39, 0.29) is 18.4 Å². The highest BCUT2D eigenvalue weighted by molar-refractivity contribution is 6.23. The van der Waals surface area contributed by atoms with Gasteiger partial charge in [-0.25, -0.2) is 4.90 Å². The fourth-order valence-electron chi connectivity index (χ4n) is 3.99. The van der Waals surface area contributed by atoms with Crippen molar-refractivity contribution in [3.63, 3.8) is 0 Å². The van der Waals surface area contributed by atoms with Crippen molar-refractivity contribution in [1.82, 2.24) is 0 Å². The van der Waals surface area contributed by atoms with E-state index in [4.69, 9.17) is 4.74 Å². The van der Waals surface area contributed by atoms with Crippen LogP contribution in [0.15, 0.2) is 36.4 Å². The lowest BCUT2D eigenvalue weighted by atomic mass is 9.73. The number of rotatable bonds is 2. The fraction of sp³-hybridized carbons (Fsp3) is 0.412. The summed E-state index contributed by atoms with van der Waals surface area (Å²) in [5.74, 6) is -1.76. The van der Waals surface area contributed by atoms with Gasteiger partial charge in [-0.05, 0) is 26.0 Å². The number of anilines is 1. The largest absolute Gasteiger partial charge is 0.393 e. The molecule has 5 heteroatoms. The number of aliphatic hydroxyl groups excluding tert-OH is 1. The van der Waals surface area contributed by atoms with Crippen LogP contribution in [0, 0.1) is 18.8 Å². The van der Waals surface area contributed by atoms with Gasteiger partial charge in [-0.3, -0.25) is 9.59 Å². The highest BCUT2D eigenvalue weighted by Gasteiger charge is 2.72. The van der Waals surface area contributed by atoms with Crippen LogP contribution in [0.3, 0.4) is 0 Å². The quantitative estimate of drug-likeness (QED) is 0.658. The number of carbonyl (C=O) groups is 2. The Bertz CT molecular complexity index is 710. The smallest absolute Gasteiger partial charge is 0.241 e. The summed E-state index contributed by atoms with van der Waals surface area (Å²) in [4.78, 5) is 26.9. The van der Waals surface area contributed by atoms with E-state index in [1.807, 2.05) is 19.1 Å². The maximum atomic E-state index is 12.9. The summed E-state index contributed by atoms with van der Waals surface area (Å²) in [6.07, 6.45) is 3.53. The molecule has 0 radical (unpaired) electrons. The molecule has 114 valence electrons. The second-order valence-electron chi connectivity index (χ2n) is 6.54. The van der Waals surface area contributed by atoms with Crippen molar-refractivity contribution in [2.75, 3.05) is 11.5 Å². The van der Waals surface area contributed by atoms with Crippen LogP contribution >= 0.6 is 0 Å². The zero-order valence-corrected chi connectivity index (χ0v) is 12.4. The first-order chi connectivity index (χ1) is 10.4. The Labute approximate surface area is 128 Å². The monoisotopic (exact) mass is 299 g/mol. The van der Waals surface area contributed by atoms with E-state index in [2.05, 4.69) is 0 Å². The molecule has 2 fully saturated rings. The number of aryl methyl sites for hydroxylation is 1. The van der Waals surface area contributed by atoms with Crippen LogP contribution in [0.5, 0.6) is 0 Å². The molecule has 2 saturated heterocycles. The van der Waals surface area contributed by atoms with Crippen LogP contribution in [-0.2, 0) is 14.3 Å². The van der Waals surface area contributed by atoms with Gasteiger partial charge < -0.3 is 9.84 Å². The van der Waals surface area contributed by atoms with Crippen LogP contribution in [0.25, 0.3) is 0 Å². The summed E-state index contributed by atoms with van der Waals surface area (Å²) in [5, 5.41) is 9.74. The summed E-state index contributed by atoms with van der Waals surface area (Å²) in [6.45, 7) is 3.45. The third-order valence-electron chi connectivity index (χ3n) is 5.10. The topological polar surface area (TPSA) is 66.8 Å². The molecule has 0 aliphatic carbocycles. The third-order valence-corrected chi connectivity index (χ3v) is 5.10. The van der Waals surface area contributed by atoms with Crippen molar-refractivity contribution in [2.24, 2.45) is 11.8 Å². The number of hydrogen-bond acceptors (Lipinski definition) is 4. The van der Waals surface area contributed by atoms with Gasteiger partial charge in [0.15, 0.2) is 0 Å². The van der Waals surface area contributed by atoms with Crippen molar-refractivity contribution < 1.29 is 19.4 Å². The first-order valence-electron chi connectivity index (χ1n) is 7.38. The minimum atomic E-state index is -1.06. The zero-order chi connectivity index (χ0) is 15.7. The Morgan fingerprint density at radius 2 is 1.77 bits per heavy atom. The van der Waals surface area contributed by atoms with Gasteiger partial charge in [0.2, 0.25) is 11.8 Å². The van der Waals surface area contributed by atoms with Gasteiger partial charge in [-0.15, -0.1) is 0 Å². The number of hydrogen-bond donors (Lipinski definition) is 1. The molecule has 2 amide bonds. The number of imide groups is 1. The maximum Gasteiger partial charge on any atom is 0.241 e. The van der Waals surface area contributed by atoms with E-state index < -0.39 is 23.0 Å². The minimum Gasteiger partial charge on any atom is -0.393 e. The van der Waals surface area contributed by atoms with Gasteiger partial charge in [0, 0.05) is 0 Å². The van der Waals surface area contributed by atoms with E-state index in [1.54, 1.807) is 31.2 Å². The molecule has 0 unspecified atom stereocenters. The lowest BCUT2D eigenvalue weighted by Crippen LogP contribution is -2.43. The normalized spacial score (nSPS) is 39.0. The van der Waals surface area contributed by atoms with Crippen LogP contribution in [0.2, 0.25) is 0 Å². The molecule has 3 aliphatic rings. The number of nitrogens with zero attached hydrogens (tertiary/aromatic N) is 1. The number of carbonyl (C=O) groups excluding carboxylic acids is 2. The predicted molar refractivity (Wildman–Crippen MR) is 79.1 cm³/mol. The first-order valence-corrected chi connectivity index (χ1v) is 7.38. The summed E-state index contributed by atoms with van der Waals surface area (Å²) in [5.41, 5.74) is -0.247.